The maximum atomic E-state index is 12.8. The second-order valence-corrected chi connectivity index (χ2v) is 6.64. The van der Waals surface area contributed by atoms with E-state index in [0.717, 1.165) is 16.9 Å². The van der Waals surface area contributed by atoms with Crippen LogP contribution in [0.25, 0.3) is 10.6 Å². The van der Waals surface area contributed by atoms with Crippen LogP contribution in [0.3, 0.4) is 0 Å². The molecule has 1 aromatic carbocycles. The van der Waals surface area contributed by atoms with E-state index >= 15 is 0 Å². The summed E-state index contributed by atoms with van der Waals surface area (Å²) in [7, 11) is 0. The van der Waals surface area contributed by atoms with Crippen LogP contribution in [-0.4, -0.2) is 16.1 Å². The van der Waals surface area contributed by atoms with Crippen LogP contribution >= 0.6 is 11.3 Å². The summed E-state index contributed by atoms with van der Waals surface area (Å²) in [6.07, 6.45) is -2.96. The number of aryl methyl sites for hydroxylation is 1. The molecule has 0 aliphatic rings. The van der Waals surface area contributed by atoms with Gasteiger partial charge >= 0.3 is 6.18 Å². The second-order valence-electron chi connectivity index (χ2n) is 5.78. The van der Waals surface area contributed by atoms with Gasteiger partial charge in [0.1, 0.15) is 17.2 Å². The zero-order valence-electron chi connectivity index (χ0n) is 14.1. The van der Waals surface area contributed by atoms with E-state index in [2.05, 4.69) is 10.3 Å². The third kappa shape index (κ3) is 4.25. The van der Waals surface area contributed by atoms with Crippen molar-refractivity contribution >= 4 is 17.2 Å². The number of nitrogens with one attached hydrogen (secondary N) is 1. The highest BCUT2D eigenvalue weighted by atomic mass is 32.1. The normalized spacial score (nSPS) is 11.4. The molecule has 2 N–H and O–H groups in total. The third-order valence-corrected chi connectivity index (χ3v) is 4.75. The first kappa shape index (κ1) is 18.8. The summed E-state index contributed by atoms with van der Waals surface area (Å²) in [5.41, 5.74) is 0.896. The van der Waals surface area contributed by atoms with Crippen molar-refractivity contribution in [3.05, 3.63) is 70.5 Å². The highest BCUT2D eigenvalue weighted by Crippen LogP contribution is 2.34. The highest BCUT2D eigenvalue weighted by molar-refractivity contribution is 7.13. The lowest BCUT2D eigenvalue weighted by atomic mass is 10.1. The number of hydrogen-bond acceptors (Lipinski definition) is 4. The molecular formula is C18H15F3N3O2S+. The van der Waals surface area contributed by atoms with Gasteiger partial charge in [-0.1, -0.05) is 6.07 Å². The zero-order chi connectivity index (χ0) is 19.6. The molecule has 0 spiro atoms. The molecule has 5 nitrogen and oxygen atoms in total. The molecule has 1 amide bonds. The molecule has 0 aliphatic carbocycles. The maximum Gasteiger partial charge on any atom is 0.416 e. The van der Waals surface area contributed by atoms with E-state index in [1.165, 1.54) is 23.6 Å². The molecule has 0 aliphatic heterocycles. The Morgan fingerprint density at radius 2 is 2.07 bits per heavy atom. The number of amides is 1. The molecule has 2 aromatic heterocycles. The van der Waals surface area contributed by atoms with Crippen molar-refractivity contribution in [1.82, 2.24) is 10.3 Å². The van der Waals surface area contributed by atoms with E-state index in [9.17, 15) is 23.2 Å². The third-order valence-electron chi connectivity index (χ3n) is 3.87. The number of thiazole rings is 1. The van der Waals surface area contributed by atoms with Crippen molar-refractivity contribution in [3.63, 3.8) is 0 Å². The summed E-state index contributed by atoms with van der Waals surface area (Å²) in [6.45, 7) is 1.67. The van der Waals surface area contributed by atoms with Gasteiger partial charge in [-0.2, -0.15) is 13.2 Å². The predicted octanol–water partition coefficient (Wildman–Crippen LogP) is 3.59. The molecule has 3 rings (SSSR count). The van der Waals surface area contributed by atoms with Crippen LogP contribution in [0.2, 0.25) is 0 Å². The zero-order valence-corrected chi connectivity index (χ0v) is 14.9. The number of rotatable bonds is 4. The Morgan fingerprint density at radius 3 is 2.74 bits per heavy atom. The fraction of sp³-hybridized carbons (Fsp3) is 0.167. The van der Waals surface area contributed by atoms with Crippen molar-refractivity contribution < 1.29 is 27.9 Å². The summed E-state index contributed by atoms with van der Waals surface area (Å²) < 4.78 is 39.2. The Morgan fingerprint density at radius 1 is 1.30 bits per heavy atom. The first-order valence-electron chi connectivity index (χ1n) is 7.86. The van der Waals surface area contributed by atoms with Crippen LogP contribution in [0.5, 0.6) is 0 Å². The fourth-order valence-corrected chi connectivity index (χ4v) is 3.34. The van der Waals surface area contributed by atoms with Crippen LogP contribution in [0, 0.1) is 6.92 Å². The van der Waals surface area contributed by atoms with Crippen molar-refractivity contribution in [1.29, 1.82) is 0 Å². The van der Waals surface area contributed by atoms with Crippen LogP contribution in [0.1, 0.15) is 27.3 Å². The monoisotopic (exact) mass is 394 g/mol. The molecule has 0 atom stereocenters. The van der Waals surface area contributed by atoms with Crippen molar-refractivity contribution in [2.45, 2.75) is 19.6 Å². The van der Waals surface area contributed by atoms with Crippen molar-refractivity contribution in [2.24, 2.45) is 0 Å². The molecule has 9 heteroatoms. The Labute approximate surface area is 156 Å². The number of carbonyl (C=O) groups excluding carboxylic acids is 1. The van der Waals surface area contributed by atoms with Crippen LogP contribution in [0.15, 0.2) is 48.0 Å². The Balaban J connectivity index is 1.75. The van der Waals surface area contributed by atoms with Crippen LogP contribution in [0.4, 0.5) is 13.2 Å². The largest absolute Gasteiger partial charge is 0.416 e. The molecular weight excluding hydrogens is 379 g/mol. The fourth-order valence-electron chi connectivity index (χ4n) is 2.45. The summed E-state index contributed by atoms with van der Waals surface area (Å²) >= 11 is 1.18. The van der Waals surface area contributed by atoms with Gasteiger partial charge < -0.3 is 5.32 Å². The summed E-state index contributed by atoms with van der Waals surface area (Å²) in [4.78, 5) is 16.5. The van der Waals surface area contributed by atoms with E-state index in [1.807, 2.05) is 0 Å². The van der Waals surface area contributed by atoms with Crippen molar-refractivity contribution in [3.8, 4) is 10.6 Å². The number of alkyl halides is 3. The van der Waals surface area contributed by atoms with E-state index in [4.69, 9.17) is 0 Å². The van der Waals surface area contributed by atoms with Gasteiger partial charge in [0.25, 0.3) is 11.6 Å². The van der Waals surface area contributed by atoms with Gasteiger partial charge in [-0.15, -0.1) is 11.3 Å². The lowest BCUT2D eigenvalue weighted by Gasteiger charge is -2.09. The van der Waals surface area contributed by atoms with Gasteiger partial charge in [0.15, 0.2) is 0 Å². The number of aromatic nitrogens is 2. The van der Waals surface area contributed by atoms with Gasteiger partial charge in [0.05, 0.1) is 5.56 Å². The number of nitrogens with zero attached hydrogens (tertiary/aromatic N) is 2. The molecule has 140 valence electrons. The SMILES string of the molecule is Cc1cc(C(F)(F)F)ccc1-c1nc(C(=O)NCc2cccc[n+]2O)cs1. The summed E-state index contributed by atoms with van der Waals surface area (Å²) in [6, 6.07) is 8.44. The molecule has 27 heavy (non-hydrogen) atoms. The van der Waals surface area contributed by atoms with Gasteiger partial charge in [0, 0.05) is 27.8 Å². The van der Waals surface area contributed by atoms with Crippen molar-refractivity contribution in [2.75, 3.05) is 0 Å². The van der Waals surface area contributed by atoms with Gasteiger partial charge in [0.2, 0.25) is 6.20 Å². The minimum atomic E-state index is -4.40. The number of hydrogen-bond donors (Lipinski definition) is 2. The van der Waals surface area contributed by atoms with Gasteiger partial charge in [-0.25, -0.2) is 4.98 Å². The molecule has 0 unspecified atom stereocenters. The lowest BCUT2D eigenvalue weighted by molar-refractivity contribution is -0.909. The van der Waals surface area contributed by atoms with Crippen LogP contribution < -0.4 is 10.0 Å². The first-order chi connectivity index (χ1) is 12.8. The lowest BCUT2D eigenvalue weighted by Crippen LogP contribution is -2.38. The number of benzene rings is 1. The van der Waals surface area contributed by atoms with E-state index in [-0.39, 0.29) is 12.2 Å². The standard InChI is InChI=1S/C18H14F3N3O2S/c1-11-8-12(18(19,20)21)5-6-14(11)17-23-15(10-27-17)16(25)22-9-13-4-2-3-7-24(13)26/h2-8,10H,9H2,1H3,(H-,22,25,26)/p+1. The molecule has 0 saturated heterocycles. The average molecular weight is 394 g/mol. The van der Waals surface area contributed by atoms with Gasteiger partial charge in [-0.3, -0.25) is 10.0 Å². The number of halogens is 3. The van der Waals surface area contributed by atoms with E-state index < -0.39 is 17.6 Å². The number of carbonyl (C=O) groups is 1. The maximum absolute atomic E-state index is 12.8. The number of pyridine rings is 1. The highest BCUT2D eigenvalue weighted by Gasteiger charge is 2.30. The molecule has 3 aromatic rings. The Hall–Kier alpha value is -2.94. The Kier molecular flexibility index (Phi) is 5.13. The topological polar surface area (TPSA) is 66.1 Å². The van der Waals surface area contributed by atoms with E-state index in [1.54, 1.807) is 30.5 Å². The summed E-state index contributed by atoms with van der Waals surface area (Å²) in [5.74, 6) is -0.439. The molecule has 0 saturated carbocycles. The minimum Gasteiger partial charge on any atom is -0.340 e. The average Bonchev–Trinajstić information content (AvgIpc) is 3.10. The van der Waals surface area contributed by atoms with Crippen LogP contribution in [-0.2, 0) is 12.7 Å². The molecule has 2 heterocycles. The first-order valence-corrected chi connectivity index (χ1v) is 8.74. The summed E-state index contributed by atoms with van der Waals surface area (Å²) in [5, 5.41) is 14.3. The molecule has 0 radical (unpaired) electrons. The Bertz CT molecular complexity index is 986. The quantitative estimate of drug-likeness (QED) is 0.525. The molecule has 0 fully saturated rings. The minimum absolute atomic E-state index is 0.0995. The molecule has 0 bridgehead atoms. The smallest absolute Gasteiger partial charge is 0.340 e. The second kappa shape index (κ2) is 7.36. The van der Waals surface area contributed by atoms with Gasteiger partial charge in [-0.05, 0) is 30.7 Å². The van der Waals surface area contributed by atoms with E-state index in [0.29, 0.717) is 21.8 Å². The predicted molar refractivity (Wildman–Crippen MR) is 92.3 cm³/mol.